The Morgan fingerprint density at radius 3 is 1.74 bits per heavy atom. The van der Waals surface area contributed by atoms with E-state index in [4.69, 9.17) is 0 Å². The van der Waals surface area contributed by atoms with E-state index in [0.717, 1.165) is 22.7 Å². The molecule has 0 aromatic carbocycles. The molecule has 0 aliphatic carbocycles. The van der Waals surface area contributed by atoms with Gasteiger partial charge in [-0.15, -0.1) is 0 Å². The fourth-order valence-electron chi connectivity index (χ4n) is 2.16. The van der Waals surface area contributed by atoms with Crippen LogP contribution in [-0.4, -0.2) is 4.90 Å². The van der Waals surface area contributed by atoms with E-state index in [9.17, 15) is 0 Å². The van der Waals surface area contributed by atoms with Gasteiger partial charge in [-0.2, -0.15) is 0 Å². The summed E-state index contributed by atoms with van der Waals surface area (Å²) in [6.07, 6.45) is 28.6. The zero-order valence-corrected chi connectivity index (χ0v) is 16.6. The highest BCUT2D eigenvalue weighted by molar-refractivity contribution is 5.43. The predicted octanol–water partition coefficient (Wildman–Crippen LogP) is 7.50. The standard InChI is InChI=1S/C26H31N/c1-8-15-19-23(12-5)21-22-25(14-7)27(24(13-6)17-10-3)26(18-11-4)20-16-9-2/h8-22H,1,3,5-7H2,2,4H3/b16-9-,18-11-,19-15+,23-21+,24-17+,25-22+,26-20+. The Morgan fingerprint density at radius 1 is 0.593 bits per heavy atom. The molecule has 1 nitrogen and oxygen atoms in total. The van der Waals surface area contributed by atoms with Crippen molar-refractivity contribution in [1.29, 1.82) is 0 Å². The van der Waals surface area contributed by atoms with E-state index in [1.807, 2.05) is 80.7 Å². The van der Waals surface area contributed by atoms with Crippen LogP contribution in [0.3, 0.4) is 0 Å². The molecular weight excluding hydrogens is 326 g/mol. The van der Waals surface area contributed by atoms with Crippen LogP contribution >= 0.6 is 0 Å². The summed E-state index contributed by atoms with van der Waals surface area (Å²) in [6, 6.07) is 0. The van der Waals surface area contributed by atoms with Crippen molar-refractivity contribution in [2.45, 2.75) is 13.8 Å². The zero-order valence-electron chi connectivity index (χ0n) is 16.6. The number of hydrogen-bond donors (Lipinski definition) is 0. The molecule has 0 radical (unpaired) electrons. The second kappa shape index (κ2) is 15.0. The summed E-state index contributed by atoms with van der Waals surface area (Å²) in [6.45, 7) is 23.3. The van der Waals surface area contributed by atoms with Gasteiger partial charge in [-0.25, -0.2) is 0 Å². The molecule has 0 amide bonds. The maximum Gasteiger partial charge on any atom is 0.0458 e. The molecule has 0 N–H and O–H groups in total. The fraction of sp³-hybridized carbons (Fsp3) is 0.0769. The average Bonchev–Trinajstić information content (AvgIpc) is 2.69. The summed E-state index contributed by atoms with van der Waals surface area (Å²) in [4.78, 5) is 2.07. The number of rotatable bonds is 12. The minimum atomic E-state index is 0.889. The van der Waals surface area contributed by atoms with E-state index in [0.29, 0.717) is 0 Å². The maximum absolute atomic E-state index is 3.99. The third kappa shape index (κ3) is 8.55. The first-order valence-corrected chi connectivity index (χ1v) is 8.80. The molecule has 0 spiro atoms. The van der Waals surface area contributed by atoms with Crippen molar-refractivity contribution < 1.29 is 0 Å². The zero-order chi connectivity index (χ0) is 20.5. The molecule has 1 heteroatoms. The molecule has 0 bridgehead atoms. The van der Waals surface area contributed by atoms with Crippen LogP contribution < -0.4 is 0 Å². The van der Waals surface area contributed by atoms with Gasteiger partial charge in [0, 0.05) is 17.1 Å². The van der Waals surface area contributed by atoms with Gasteiger partial charge in [-0.1, -0.05) is 87.6 Å². The summed E-state index contributed by atoms with van der Waals surface area (Å²) in [5.41, 5.74) is 3.72. The minimum Gasteiger partial charge on any atom is -0.311 e. The van der Waals surface area contributed by atoms with Gasteiger partial charge >= 0.3 is 0 Å². The molecule has 0 aliphatic heterocycles. The summed E-state index contributed by atoms with van der Waals surface area (Å²) in [5.74, 6) is 0. The highest BCUT2D eigenvalue weighted by atomic mass is 15.2. The molecular formula is C26H31N. The lowest BCUT2D eigenvalue weighted by Gasteiger charge is -2.28. The smallest absolute Gasteiger partial charge is 0.0458 e. The van der Waals surface area contributed by atoms with Gasteiger partial charge < -0.3 is 4.90 Å². The van der Waals surface area contributed by atoms with Crippen molar-refractivity contribution in [1.82, 2.24) is 4.90 Å². The van der Waals surface area contributed by atoms with Crippen LogP contribution in [0.25, 0.3) is 0 Å². The Balaban J connectivity index is 6.55. The monoisotopic (exact) mass is 357 g/mol. The van der Waals surface area contributed by atoms with Crippen molar-refractivity contribution >= 4 is 0 Å². The molecule has 0 fully saturated rings. The Hall–Kier alpha value is -3.32. The van der Waals surface area contributed by atoms with Gasteiger partial charge in [0.25, 0.3) is 0 Å². The first-order chi connectivity index (χ1) is 13.1. The second-order valence-corrected chi connectivity index (χ2v) is 5.25. The highest BCUT2D eigenvalue weighted by Gasteiger charge is 2.13. The molecule has 0 aliphatic rings. The molecule has 0 rings (SSSR count). The Bertz CT molecular complexity index is 743. The van der Waals surface area contributed by atoms with Gasteiger partial charge in [0.15, 0.2) is 0 Å². The third-order valence-corrected chi connectivity index (χ3v) is 3.39. The lowest BCUT2D eigenvalue weighted by Crippen LogP contribution is -2.19. The van der Waals surface area contributed by atoms with Crippen molar-refractivity contribution in [3.05, 3.63) is 147 Å². The lowest BCUT2D eigenvalue weighted by molar-refractivity contribution is 0.578. The molecule has 0 heterocycles. The number of allylic oxidation sites excluding steroid dienone is 16. The Labute approximate surface area is 165 Å². The Morgan fingerprint density at radius 2 is 1.26 bits per heavy atom. The largest absolute Gasteiger partial charge is 0.311 e. The van der Waals surface area contributed by atoms with Crippen molar-refractivity contribution in [2.75, 3.05) is 0 Å². The van der Waals surface area contributed by atoms with E-state index in [1.165, 1.54) is 0 Å². The molecule has 140 valence electrons. The van der Waals surface area contributed by atoms with Crippen molar-refractivity contribution in [3.8, 4) is 0 Å². The SMILES string of the molecule is C=C/C=C/C(C=C)=C/C=C(\C=C)N(/C(C=C)=C/C=C)C(/C=C\C)=C/C=C\C. The van der Waals surface area contributed by atoms with Gasteiger partial charge in [-0.3, -0.25) is 0 Å². The molecule has 0 atom stereocenters. The van der Waals surface area contributed by atoms with E-state index < -0.39 is 0 Å². The normalized spacial score (nSPS) is 14.0. The lowest BCUT2D eigenvalue weighted by atomic mass is 10.1. The maximum atomic E-state index is 3.99. The predicted molar refractivity (Wildman–Crippen MR) is 124 cm³/mol. The first-order valence-electron chi connectivity index (χ1n) is 8.80. The average molecular weight is 358 g/mol. The van der Waals surface area contributed by atoms with Gasteiger partial charge in [0.05, 0.1) is 0 Å². The number of hydrogen-bond acceptors (Lipinski definition) is 1. The molecule has 0 unspecified atom stereocenters. The van der Waals surface area contributed by atoms with E-state index >= 15 is 0 Å². The van der Waals surface area contributed by atoms with Gasteiger partial charge in [-0.05, 0) is 55.9 Å². The van der Waals surface area contributed by atoms with E-state index in [1.54, 1.807) is 24.3 Å². The minimum absolute atomic E-state index is 0.889. The van der Waals surface area contributed by atoms with Crippen LogP contribution in [0, 0.1) is 0 Å². The molecule has 27 heavy (non-hydrogen) atoms. The van der Waals surface area contributed by atoms with E-state index in [-0.39, 0.29) is 0 Å². The number of nitrogens with zero attached hydrogens (tertiary/aromatic N) is 1. The fourth-order valence-corrected chi connectivity index (χ4v) is 2.16. The van der Waals surface area contributed by atoms with Crippen LogP contribution in [-0.2, 0) is 0 Å². The third-order valence-electron chi connectivity index (χ3n) is 3.39. The van der Waals surface area contributed by atoms with Crippen molar-refractivity contribution in [3.63, 3.8) is 0 Å². The van der Waals surface area contributed by atoms with Gasteiger partial charge in [0.2, 0.25) is 0 Å². The van der Waals surface area contributed by atoms with Crippen LogP contribution in [0.1, 0.15) is 13.8 Å². The van der Waals surface area contributed by atoms with Gasteiger partial charge in [0.1, 0.15) is 0 Å². The second-order valence-electron chi connectivity index (χ2n) is 5.25. The van der Waals surface area contributed by atoms with Crippen LogP contribution in [0.4, 0.5) is 0 Å². The van der Waals surface area contributed by atoms with Crippen LogP contribution in [0.2, 0.25) is 0 Å². The topological polar surface area (TPSA) is 3.24 Å². The van der Waals surface area contributed by atoms with Crippen LogP contribution in [0.15, 0.2) is 147 Å². The molecule has 0 aromatic rings. The van der Waals surface area contributed by atoms with Crippen LogP contribution in [0.5, 0.6) is 0 Å². The molecule has 0 saturated heterocycles. The summed E-state index contributed by atoms with van der Waals surface area (Å²) < 4.78 is 0. The summed E-state index contributed by atoms with van der Waals surface area (Å²) in [7, 11) is 0. The highest BCUT2D eigenvalue weighted by Crippen LogP contribution is 2.24. The first kappa shape index (κ1) is 23.7. The van der Waals surface area contributed by atoms with E-state index in [2.05, 4.69) is 37.8 Å². The molecule has 0 aromatic heterocycles. The quantitative estimate of drug-likeness (QED) is 0.327. The molecule has 0 saturated carbocycles. The summed E-state index contributed by atoms with van der Waals surface area (Å²) in [5, 5.41) is 0. The Kier molecular flexibility index (Phi) is 13.1. The van der Waals surface area contributed by atoms with Crippen molar-refractivity contribution in [2.24, 2.45) is 0 Å². The summed E-state index contributed by atoms with van der Waals surface area (Å²) >= 11 is 0.